The van der Waals surface area contributed by atoms with E-state index in [9.17, 15) is 9.18 Å². The number of rotatable bonds is 5. The second-order valence-electron chi connectivity index (χ2n) is 6.03. The monoisotopic (exact) mass is 389 g/mol. The van der Waals surface area contributed by atoms with Crippen molar-refractivity contribution in [3.05, 3.63) is 91.0 Å². The van der Waals surface area contributed by atoms with E-state index in [1.807, 2.05) is 29.1 Å². The number of anilines is 2. The predicted octanol–water partition coefficient (Wildman–Crippen LogP) is 4.84. The third-order valence-corrected chi connectivity index (χ3v) is 3.93. The molecular formula is C21H16FN5O2. The quantitative estimate of drug-likeness (QED) is 0.512. The van der Waals surface area contributed by atoms with Gasteiger partial charge in [0.1, 0.15) is 11.6 Å². The van der Waals surface area contributed by atoms with Gasteiger partial charge in [-0.05, 0) is 66.7 Å². The molecule has 0 aliphatic rings. The summed E-state index contributed by atoms with van der Waals surface area (Å²) in [6.45, 7) is 0. The molecule has 4 aromatic rings. The molecule has 2 amide bonds. The molecule has 0 radical (unpaired) electrons. The highest BCUT2D eigenvalue weighted by Gasteiger charge is 2.05. The summed E-state index contributed by atoms with van der Waals surface area (Å²) in [5.74, 6) is 1.23. The zero-order valence-electron chi connectivity index (χ0n) is 15.1. The maximum atomic E-state index is 12.9. The van der Waals surface area contributed by atoms with Gasteiger partial charge < -0.3 is 19.9 Å². The Morgan fingerprint density at radius 3 is 2.03 bits per heavy atom. The number of ether oxygens (including phenoxy) is 1. The molecule has 0 saturated heterocycles. The van der Waals surface area contributed by atoms with Crippen molar-refractivity contribution < 1.29 is 13.9 Å². The number of carbonyl (C=O) groups excluding carboxylic acids is 1. The first-order chi connectivity index (χ1) is 14.2. The largest absolute Gasteiger partial charge is 0.438 e. The number of benzene rings is 2. The Bertz CT molecular complexity index is 1080. The zero-order valence-corrected chi connectivity index (χ0v) is 15.1. The van der Waals surface area contributed by atoms with Gasteiger partial charge in [-0.3, -0.25) is 0 Å². The van der Waals surface area contributed by atoms with Crippen LogP contribution in [0.3, 0.4) is 0 Å². The van der Waals surface area contributed by atoms with E-state index in [2.05, 4.69) is 20.8 Å². The number of urea groups is 1. The smallest absolute Gasteiger partial charge is 0.323 e. The first-order valence-electron chi connectivity index (χ1n) is 8.74. The highest BCUT2D eigenvalue weighted by atomic mass is 19.1. The number of amides is 2. The van der Waals surface area contributed by atoms with Gasteiger partial charge in [0.25, 0.3) is 0 Å². The minimum absolute atomic E-state index is 0.357. The van der Waals surface area contributed by atoms with E-state index < -0.39 is 6.03 Å². The van der Waals surface area contributed by atoms with Gasteiger partial charge in [-0.25, -0.2) is 9.18 Å². The first kappa shape index (κ1) is 18.2. The first-order valence-corrected chi connectivity index (χ1v) is 8.74. The van der Waals surface area contributed by atoms with Gasteiger partial charge in [0.15, 0.2) is 5.82 Å². The second-order valence-corrected chi connectivity index (χ2v) is 6.03. The lowest BCUT2D eigenvalue weighted by atomic mass is 10.3. The van der Waals surface area contributed by atoms with Crippen LogP contribution in [0.2, 0.25) is 0 Å². The lowest BCUT2D eigenvalue weighted by molar-refractivity contribution is 0.262. The average molecular weight is 389 g/mol. The summed E-state index contributed by atoms with van der Waals surface area (Å²) in [6, 6.07) is 19.2. The van der Waals surface area contributed by atoms with Crippen molar-refractivity contribution in [2.75, 3.05) is 10.6 Å². The molecule has 2 aromatic carbocycles. The van der Waals surface area contributed by atoms with Crippen LogP contribution in [-0.4, -0.2) is 20.8 Å². The minimum Gasteiger partial charge on any atom is -0.438 e. The van der Waals surface area contributed by atoms with Crippen molar-refractivity contribution in [2.45, 2.75) is 0 Å². The molecule has 0 bridgehead atoms. The summed E-state index contributed by atoms with van der Waals surface area (Å²) in [5.41, 5.74) is 1.07. The van der Waals surface area contributed by atoms with E-state index in [0.717, 1.165) is 0 Å². The lowest BCUT2D eigenvalue weighted by Crippen LogP contribution is -2.19. The van der Waals surface area contributed by atoms with Gasteiger partial charge in [-0.1, -0.05) is 0 Å². The Kier molecular flexibility index (Phi) is 5.15. The van der Waals surface area contributed by atoms with Gasteiger partial charge in [0, 0.05) is 29.8 Å². The van der Waals surface area contributed by atoms with Crippen molar-refractivity contribution in [3.8, 4) is 17.4 Å². The molecule has 0 saturated carbocycles. The standard InChI is InChI=1S/C21H16FN5O2/c22-15-3-5-16(6-4-15)23-21(28)24-17-7-9-18(10-8-17)29-20-12-11-19(25-26-20)27-13-1-2-14-27/h1-14H,(H2,23,24,28). The summed E-state index contributed by atoms with van der Waals surface area (Å²) in [5, 5.41) is 13.5. The molecular weight excluding hydrogens is 373 g/mol. The highest BCUT2D eigenvalue weighted by Crippen LogP contribution is 2.21. The Labute approximate surface area is 165 Å². The summed E-state index contributed by atoms with van der Waals surface area (Å²) in [6.07, 6.45) is 3.75. The van der Waals surface area contributed by atoms with E-state index >= 15 is 0 Å². The maximum absolute atomic E-state index is 12.9. The molecule has 0 spiro atoms. The summed E-state index contributed by atoms with van der Waals surface area (Å²) < 4.78 is 20.4. The number of halogens is 1. The molecule has 0 atom stereocenters. The number of carbonyl (C=O) groups is 1. The fourth-order valence-corrected chi connectivity index (χ4v) is 2.55. The summed E-state index contributed by atoms with van der Waals surface area (Å²) in [4.78, 5) is 12.0. The predicted molar refractivity (Wildman–Crippen MR) is 107 cm³/mol. The van der Waals surface area contributed by atoms with Crippen LogP contribution in [0, 0.1) is 5.82 Å². The van der Waals surface area contributed by atoms with Crippen LogP contribution in [0.15, 0.2) is 85.2 Å². The van der Waals surface area contributed by atoms with Crippen LogP contribution in [0.5, 0.6) is 11.6 Å². The van der Waals surface area contributed by atoms with E-state index in [1.165, 1.54) is 24.3 Å². The Morgan fingerprint density at radius 1 is 0.828 bits per heavy atom. The van der Waals surface area contributed by atoms with Crippen LogP contribution < -0.4 is 15.4 Å². The summed E-state index contributed by atoms with van der Waals surface area (Å²) >= 11 is 0. The minimum atomic E-state index is -0.434. The number of nitrogens with one attached hydrogen (secondary N) is 2. The molecule has 0 aliphatic heterocycles. The van der Waals surface area contributed by atoms with E-state index in [-0.39, 0.29) is 5.82 Å². The molecule has 144 valence electrons. The van der Waals surface area contributed by atoms with Crippen molar-refractivity contribution in [1.29, 1.82) is 0 Å². The van der Waals surface area contributed by atoms with Gasteiger partial charge in [-0.15, -0.1) is 10.2 Å². The SMILES string of the molecule is O=C(Nc1ccc(F)cc1)Nc1ccc(Oc2ccc(-n3cccc3)nn2)cc1. The van der Waals surface area contributed by atoms with Gasteiger partial charge in [0.05, 0.1) is 0 Å². The molecule has 8 heteroatoms. The second kappa shape index (κ2) is 8.22. The molecule has 2 N–H and O–H groups in total. The van der Waals surface area contributed by atoms with Crippen molar-refractivity contribution in [3.63, 3.8) is 0 Å². The topological polar surface area (TPSA) is 81.1 Å². The zero-order chi connectivity index (χ0) is 20.1. The van der Waals surface area contributed by atoms with Crippen molar-refractivity contribution >= 4 is 17.4 Å². The molecule has 2 heterocycles. The Balaban J connectivity index is 1.34. The maximum Gasteiger partial charge on any atom is 0.323 e. The van der Waals surface area contributed by atoms with Crippen LogP contribution in [0.4, 0.5) is 20.6 Å². The van der Waals surface area contributed by atoms with Gasteiger partial charge >= 0.3 is 6.03 Å². The van der Waals surface area contributed by atoms with E-state index in [1.54, 1.807) is 36.4 Å². The number of aromatic nitrogens is 3. The third-order valence-electron chi connectivity index (χ3n) is 3.93. The summed E-state index contributed by atoms with van der Waals surface area (Å²) in [7, 11) is 0. The highest BCUT2D eigenvalue weighted by molar-refractivity contribution is 5.99. The van der Waals surface area contributed by atoms with E-state index in [0.29, 0.717) is 28.8 Å². The fourth-order valence-electron chi connectivity index (χ4n) is 2.55. The molecule has 7 nitrogen and oxygen atoms in total. The third kappa shape index (κ3) is 4.75. The van der Waals surface area contributed by atoms with Crippen LogP contribution in [-0.2, 0) is 0 Å². The van der Waals surface area contributed by atoms with E-state index in [4.69, 9.17) is 4.74 Å². The van der Waals surface area contributed by atoms with Crippen LogP contribution >= 0.6 is 0 Å². The normalized spacial score (nSPS) is 10.4. The number of nitrogens with zero attached hydrogens (tertiary/aromatic N) is 3. The molecule has 0 unspecified atom stereocenters. The molecule has 2 aromatic heterocycles. The van der Waals surface area contributed by atoms with Gasteiger partial charge in [0.2, 0.25) is 5.88 Å². The fraction of sp³-hybridized carbons (Fsp3) is 0. The average Bonchev–Trinajstić information content (AvgIpc) is 3.27. The number of hydrogen-bond donors (Lipinski definition) is 2. The Hall–Kier alpha value is -4.20. The van der Waals surface area contributed by atoms with Crippen molar-refractivity contribution in [1.82, 2.24) is 14.8 Å². The van der Waals surface area contributed by atoms with Crippen LogP contribution in [0.1, 0.15) is 0 Å². The molecule has 4 rings (SSSR count). The Morgan fingerprint density at radius 2 is 1.45 bits per heavy atom. The van der Waals surface area contributed by atoms with Gasteiger partial charge in [-0.2, -0.15) is 0 Å². The molecule has 0 aliphatic carbocycles. The van der Waals surface area contributed by atoms with Crippen molar-refractivity contribution in [2.24, 2.45) is 0 Å². The lowest BCUT2D eigenvalue weighted by Gasteiger charge is -2.09. The van der Waals surface area contributed by atoms with Crippen LogP contribution in [0.25, 0.3) is 5.82 Å². The number of hydrogen-bond acceptors (Lipinski definition) is 4. The molecule has 29 heavy (non-hydrogen) atoms. The molecule has 0 fully saturated rings.